The van der Waals surface area contributed by atoms with Crippen molar-refractivity contribution in [1.29, 1.82) is 0 Å². The Morgan fingerprint density at radius 1 is 1.26 bits per heavy atom. The number of benzene rings is 1. The lowest BCUT2D eigenvalue weighted by molar-refractivity contribution is -0.144. The molecular weight excluding hydrogens is 349 g/mol. The van der Waals surface area contributed by atoms with Crippen LogP contribution in [0.15, 0.2) is 24.3 Å². The van der Waals surface area contributed by atoms with E-state index in [0.29, 0.717) is 32.5 Å². The Labute approximate surface area is 159 Å². The van der Waals surface area contributed by atoms with Crippen molar-refractivity contribution in [3.63, 3.8) is 0 Å². The molecule has 2 aliphatic heterocycles. The van der Waals surface area contributed by atoms with Gasteiger partial charge in [0.05, 0.1) is 12.5 Å². The number of piperazine rings is 1. The van der Waals surface area contributed by atoms with Gasteiger partial charge >= 0.3 is 0 Å². The number of piperidine rings is 1. The van der Waals surface area contributed by atoms with Crippen LogP contribution in [0.3, 0.4) is 0 Å². The third kappa shape index (κ3) is 5.26. The minimum absolute atomic E-state index is 0.0349. The molecule has 0 unspecified atom stereocenters. The standard InChI is InChI=1S/C20H28FN3O3/c1-27-12-11-22-7-9-23(10-8-22)20(26)17-5-6-19(25)24(15-17)14-16-3-2-4-18(21)13-16/h2-4,13,17H,5-12,14-15H2,1H3/t17-/m1/s1. The van der Waals surface area contributed by atoms with Gasteiger partial charge in [-0.25, -0.2) is 4.39 Å². The molecule has 6 nitrogen and oxygen atoms in total. The fourth-order valence-electron chi connectivity index (χ4n) is 3.80. The summed E-state index contributed by atoms with van der Waals surface area (Å²) in [6, 6.07) is 6.28. The molecule has 0 aliphatic carbocycles. The van der Waals surface area contributed by atoms with Crippen LogP contribution in [0.4, 0.5) is 4.39 Å². The molecule has 3 rings (SSSR count). The molecule has 1 aromatic rings. The molecule has 148 valence electrons. The molecule has 0 aromatic heterocycles. The topological polar surface area (TPSA) is 53.1 Å². The average molecular weight is 377 g/mol. The highest BCUT2D eigenvalue weighted by atomic mass is 19.1. The monoisotopic (exact) mass is 377 g/mol. The van der Waals surface area contributed by atoms with Gasteiger partial charge in [-0.1, -0.05) is 12.1 Å². The fourth-order valence-corrected chi connectivity index (χ4v) is 3.80. The number of carbonyl (C=O) groups excluding carboxylic acids is 2. The van der Waals surface area contributed by atoms with E-state index in [9.17, 15) is 14.0 Å². The van der Waals surface area contributed by atoms with Gasteiger partial charge in [-0.3, -0.25) is 14.5 Å². The first-order valence-corrected chi connectivity index (χ1v) is 9.59. The summed E-state index contributed by atoms with van der Waals surface area (Å²) < 4.78 is 18.5. The van der Waals surface area contributed by atoms with Crippen molar-refractivity contribution in [2.75, 3.05) is 53.0 Å². The van der Waals surface area contributed by atoms with Crippen molar-refractivity contribution in [3.05, 3.63) is 35.6 Å². The van der Waals surface area contributed by atoms with E-state index in [1.807, 2.05) is 4.90 Å². The highest BCUT2D eigenvalue weighted by molar-refractivity contribution is 5.84. The minimum atomic E-state index is -0.309. The summed E-state index contributed by atoms with van der Waals surface area (Å²) >= 11 is 0. The van der Waals surface area contributed by atoms with Crippen molar-refractivity contribution >= 4 is 11.8 Å². The predicted molar refractivity (Wildman–Crippen MR) is 99.4 cm³/mol. The van der Waals surface area contributed by atoms with Gasteiger partial charge in [0.1, 0.15) is 5.82 Å². The molecule has 0 bridgehead atoms. The Balaban J connectivity index is 1.54. The number of likely N-dealkylation sites (tertiary alicyclic amines) is 1. The molecule has 2 heterocycles. The van der Waals surface area contributed by atoms with Crippen molar-refractivity contribution in [1.82, 2.24) is 14.7 Å². The maximum Gasteiger partial charge on any atom is 0.227 e. The van der Waals surface area contributed by atoms with Crippen LogP contribution in [-0.4, -0.2) is 79.5 Å². The van der Waals surface area contributed by atoms with Crippen LogP contribution in [0.1, 0.15) is 18.4 Å². The number of hydrogen-bond donors (Lipinski definition) is 0. The minimum Gasteiger partial charge on any atom is -0.383 e. The summed E-state index contributed by atoms with van der Waals surface area (Å²) in [7, 11) is 1.69. The quantitative estimate of drug-likeness (QED) is 0.751. The van der Waals surface area contributed by atoms with Crippen molar-refractivity contribution in [2.45, 2.75) is 19.4 Å². The van der Waals surface area contributed by atoms with E-state index in [1.54, 1.807) is 24.1 Å². The number of amides is 2. The Bertz CT molecular complexity index is 662. The normalized spacial score (nSPS) is 21.6. The van der Waals surface area contributed by atoms with E-state index in [-0.39, 0.29) is 23.5 Å². The predicted octanol–water partition coefficient (Wildman–Crippen LogP) is 1.35. The van der Waals surface area contributed by atoms with Gasteiger partial charge in [-0.2, -0.15) is 0 Å². The van der Waals surface area contributed by atoms with Gasteiger partial charge in [0.2, 0.25) is 11.8 Å². The second-order valence-electron chi connectivity index (χ2n) is 7.30. The largest absolute Gasteiger partial charge is 0.383 e. The molecule has 1 atom stereocenters. The smallest absolute Gasteiger partial charge is 0.227 e. The highest BCUT2D eigenvalue weighted by Gasteiger charge is 2.33. The van der Waals surface area contributed by atoms with Gasteiger partial charge in [0, 0.05) is 59.3 Å². The van der Waals surface area contributed by atoms with Crippen LogP contribution in [-0.2, 0) is 20.9 Å². The van der Waals surface area contributed by atoms with Crippen LogP contribution < -0.4 is 0 Å². The highest BCUT2D eigenvalue weighted by Crippen LogP contribution is 2.22. The lowest BCUT2D eigenvalue weighted by atomic mass is 9.95. The zero-order valence-electron chi connectivity index (χ0n) is 15.9. The molecule has 7 heteroatoms. The average Bonchev–Trinajstić information content (AvgIpc) is 2.68. The summed E-state index contributed by atoms with van der Waals surface area (Å²) in [4.78, 5) is 31.1. The van der Waals surface area contributed by atoms with E-state index >= 15 is 0 Å². The number of ether oxygens (including phenoxy) is 1. The molecule has 2 aliphatic rings. The van der Waals surface area contributed by atoms with E-state index in [2.05, 4.69) is 4.90 Å². The van der Waals surface area contributed by atoms with E-state index in [4.69, 9.17) is 4.74 Å². The molecule has 1 aromatic carbocycles. The summed E-state index contributed by atoms with van der Waals surface area (Å²) in [6.07, 6.45) is 0.973. The number of nitrogens with zero attached hydrogens (tertiary/aromatic N) is 3. The van der Waals surface area contributed by atoms with Gasteiger partial charge < -0.3 is 14.5 Å². The Morgan fingerprint density at radius 2 is 2.04 bits per heavy atom. The Morgan fingerprint density at radius 3 is 2.74 bits per heavy atom. The first-order valence-electron chi connectivity index (χ1n) is 9.59. The molecule has 0 radical (unpaired) electrons. The summed E-state index contributed by atoms with van der Waals surface area (Å²) in [5.41, 5.74) is 0.753. The van der Waals surface area contributed by atoms with Gasteiger partial charge in [-0.15, -0.1) is 0 Å². The maximum atomic E-state index is 13.4. The molecule has 0 spiro atoms. The molecule has 2 amide bonds. The molecule has 0 saturated carbocycles. The van der Waals surface area contributed by atoms with E-state index in [1.165, 1.54) is 12.1 Å². The summed E-state index contributed by atoms with van der Waals surface area (Å²) in [5.74, 6) is -0.302. The van der Waals surface area contributed by atoms with Gasteiger partial charge in [0.25, 0.3) is 0 Å². The fraction of sp³-hybridized carbons (Fsp3) is 0.600. The number of hydrogen-bond acceptors (Lipinski definition) is 4. The van der Waals surface area contributed by atoms with Gasteiger partial charge in [-0.05, 0) is 24.1 Å². The first kappa shape index (κ1) is 19.8. The third-order valence-corrected chi connectivity index (χ3v) is 5.41. The van der Waals surface area contributed by atoms with Crippen molar-refractivity contribution in [3.8, 4) is 0 Å². The molecule has 2 saturated heterocycles. The molecule has 0 N–H and O–H groups in total. The van der Waals surface area contributed by atoms with Crippen molar-refractivity contribution in [2.24, 2.45) is 5.92 Å². The second-order valence-corrected chi connectivity index (χ2v) is 7.30. The van der Waals surface area contributed by atoms with Crippen LogP contribution in [0.2, 0.25) is 0 Å². The molecule has 27 heavy (non-hydrogen) atoms. The number of methoxy groups -OCH3 is 1. The summed E-state index contributed by atoms with van der Waals surface area (Å²) in [6.45, 7) is 5.50. The van der Waals surface area contributed by atoms with Crippen LogP contribution in [0.5, 0.6) is 0 Å². The second kappa shape index (κ2) is 9.28. The van der Waals surface area contributed by atoms with Crippen LogP contribution in [0, 0.1) is 11.7 Å². The first-order chi connectivity index (χ1) is 13.1. The maximum absolute atomic E-state index is 13.4. The van der Waals surface area contributed by atoms with Crippen LogP contribution in [0.25, 0.3) is 0 Å². The van der Waals surface area contributed by atoms with Crippen molar-refractivity contribution < 1.29 is 18.7 Å². The number of carbonyl (C=O) groups is 2. The van der Waals surface area contributed by atoms with E-state index in [0.717, 1.165) is 38.3 Å². The van der Waals surface area contributed by atoms with Gasteiger partial charge in [0.15, 0.2) is 0 Å². The number of halogens is 1. The third-order valence-electron chi connectivity index (χ3n) is 5.41. The summed E-state index contributed by atoms with van der Waals surface area (Å²) in [5, 5.41) is 0. The zero-order valence-corrected chi connectivity index (χ0v) is 15.9. The van der Waals surface area contributed by atoms with Crippen LogP contribution >= 0.6 is 0 Å². The number of rotatable bonds is 6. The van der Waals surface area contributed by atoms with E-state index < -0.39 is 0 Å². The Hall–Kier alpha value is -1.99. The molecule has 2 fully saturated rings. The lowest BCUT2D eigenvalue weighted by Gasteiger charge is -2.39. The SMILES string of the molecule is COCCN1CCN(C(=O)[C@@H]2CCC(=O)N(Cc3cccc(F)c3)C2)CC1. The molecular formula is C20H28FN3O3. The lowest BCUT2D eigenvalue weighted by Crippen LogP contribution is -2.53. The Kier molecular flexibility index (Phi) is 6.79. The zero-order chi connectivity index (χ0) is 19.2.